The highest BCUT2D eigenvalue weighted by molar-refractivity contribution is 5.95. The first-order valence-corrected chi connectivity index (χ1v) is 8.33. The second kappa shape index (κ2) is 7.60. The largest absolute Gasteiger partial charge is 0.479 e. The van der Waals surface area contributed by atoms with E-state index in [1.165, 1.54) is 7.11 Å². The van der Waals surface area contributed by atoms with Gasteiger partial charge in [-0.15, -0.1) is 0 Å². The second-order valence-corrected chi connectivity index (χ2v) is 6.19. The van der Waals surface area contributed by atoms with Crippen LogP contribution in [0.2, 0.25) is 0 Å². The number of ether oxygens (including phenoxy) is 2. The Morgan fingerprint density at radius 2 is 2.00 bits per heavy atom. The number of nitrogens with zero attached hydrogens (tertiary/aromatic N) is 4. The van der Waals surface area contributed by atoms with Gasteiger partial charge in [-0.05, 0) is 25.7 Å². The first kappa shape index (κ1) is 17.3. The molecule has 0 bridgehead atoms. The van der Waals surface area contributed by atoms with E-state index in [9.17, 15) is 4.79 Å². The molecule has 0 spiro atoms. The highest BCUT2D eigenvalue weighted by Crippen LogP contribution is 2.23. The minimum atomic E-state index is -0.269. The molecule has 8 heteroatoms. The summed E-state index contributed by atoms with van der Waals surface area (Å²) in [5.74, 6) is -0.0526. The zero-order valence-corrected chi connectivity index (χ0v) is 14.7. The fourth-order valence-electron chi connectivity index (χ4n) is 3.10. The number of imidazole rings is 1. The van der Waals surface area contributed by atoms with Crippen LogP contribution in [0.15, 0.2) is 18.7 Å². The third-order valence-corrected chi connectivity index (χ3v) is 4.57. The number of rotatable bonds is 5. The lowest BCUT2D eigenvalue weighted by molar-refractivity contribution is 0.0597. The van der Waals surface area contributed by atoms with Crippen molar-refractivity contribution in [3.8, 4) is 17.3 Å². The quantitative estimate of drug-likeness (QED) is 0.884. The molecule has 134 valence electrons. The van der Waals surface area contributed by atoms with E-state index in [4.69, 9.17) is 9.47 Å². The minimum absolute atomic E-state index is 0.116. The van der Waals surface area contributed by atoms with Crippen molar-refractivity contribution >= 4 is 5.91 Å². The number of hydrogen-bond donors (Lipinski definition) is 1. The van der Waals surface area contributed by atoms with Gasteiger partial charge in [0, 0.05) is 20.2 Å². The summed E-state index contributed by atoms with van der Waals surface area (Å²) in [4.78, 5) is 25.5. The topological polar surface area (TPSA) is 91.2 Å². The zero-order valence-electron chi connectivity index (χ0n) is 14.7. The molecule has 0 saturated heterocycles. The normalized spacial score (nSPS) is 20.3. The summed E-state index contributed by atoms with van der Waals surface area (Å²) in [6, 6.07) is 0.116. The summed E-state index contributed by atoms with van der Waals surface area (Å²) in [5.41, 5.74) is 1.55. The van der Waals surface area contributed by atoms with Gasteiger partial charge in [0.15, 0.2) is 5.69 Å². The molecule has 0 aliphatic heterocycles. The Kier molecular flexibility index (Phi) is 5.28. The molecule has 0 unspecified atom stereocenters. The maximum Gasteiger partial charge on any atom is 0.275 e. The van der Waals surface area contributed by atoms with Crippen LogP contribution in [0.1, 0.15) is 36.2 Å². The van der Waals surface area contributed by atoms with Gasteiger partial charge in [-0.2, -0.15) is 0 Å². The van der Waals surface area contributed by atoms with E-state index in [1.807, 2.05) is 11.6 Å². The second-order valence-electron chi connectivity index (χ2n) is 6.19. The molecule has 1 saturated carbocycles. The smallest absolute Gasteiger partial charge is 0.275 e. The molecule has 2 aromatic rings. The molecule has 2 aromatic heterocycles. The number of aromatic nitrogens is 4. The van der Waals surface area contributed by atoms with E-state index in [2.05, 4.69) is 20.3 Å². The number of methoxy groups -OCH3 is 2. The molecular formula is C17H23N5O3. The van der Waals surface area contributed by atoms with Crippen molar-refractivity contribution in [3.63, 3.8) is 0 Å². The van der Waals surface area contributed by atoms with Crippen molar-refractivity contribution in [2.45, 2.75) is 37.8 Å². The Hall–Kier alpha value is -2.48. The van der Waals surface area contributed by atoms with Crippen LogP contribution < -0.4 is 10.1 Å². The summed E-state index contributed by atoms with van der Waals surface area (Å²) in [6.07, 6.45) is 8.90. The molecule has 3 rings (SSSR count). The van der Waals surface area contributed by atoms with Crippen LogP contribution in [0.5, 0.6) is 5.88 Å². The van der Waals surface area contributed by atoms with Crippen molar-refractivity contribution < 1.29 is 14.3 Å². The molecule has 0 atom stereocenters. The van der Waals surface area contributed by atoms with Gasteiger partial charge >= 0.3 is 0 Å². The monoisotopic (exact) mass is 345 g/mol. The van der Waals surface area contributed by atoms with Gasteiger partial charge < -0.3 is 19.4 Å². The van der Waals surface area contributed by atoms with E-state index in [0.29, 0.717) is 5.69 Å². The van der Waals surface area contributed by atoms with E-state index in [1.54, 1.807) is 25.8 Å². The van der Waals surface area contributed by atoms with Gasteiger partial charge in [-0.3, -0.25) is 4.79 Å². The van der Waals surface area contributed by atoms with Crippen LogP contribution in [-0.4, -0.2) is 51.8 Å². The van der Waals surface area contributed by atoms with Gasteiger partial charge in [0.2, 0.25) is 5.88 Å². The molecule has 1 amide bonds. The van der Waals surface area contributed by atoms with Gasteiger partial charge in [0.25, 0.3) is 5.91 Å². The third-order valence-electron chi connectivity index (χ3n) is 4.57. The molecule has 0 radical (unpaired) electrons. The molecule has 1 aliphatic rings. The fourth-order valence-corrected chi connectivity index (χ4v) is 3.10. The highest BCUT2D eigenvalue weighted by Gasteiger charge is 2.25. The highest BCUT2D eigenvalue weighted by atomic mass is 16.5. The lowest BCUT2D eigenvalue weighted by Crippen LogP contribution is -2.39. The Balaban J connectivity index is 1.78. The van der Waals surface area contributed by atoms with Crippen LogP contribution in [0, 0.1) is 0 Å². The zero-order chi connectivity index (χ0) is 17.8. The molecule has 25 heavy (non-hydrogen) atoms. The number of amides is 1. The van der Waals surface area contributed by atoms with Crippen LogP contribution in [0.25, 0.3) is 11.4 Å². The first-order valence-electron chi connectivity index (χ1n) is 8.33. The maximum absolute atomic E-state index is 12.7. The number of carbonyl (C=O) groups excluding carboxylic acids is 1. The Bertz CT molecular complexity index is 738. The van der Waals surface area contributed by atoms with E-state index in [-0.39, 0.29) is 29.6 Å². The molecule has 0 aromatic carbocycles. The van der Waals surface area contributed by atoms with E-state index >= 15 is 0 Å². The number of aryl methyl sites for hydroxylation is 1. The van der Waals surface area contributed by atoms with Crippen molar-refractivity contribution in [2.24, 2.45) is 7.05 Å². The first-order chi connectivity index (χ1) is 12.1. The predicted molar refractivity (Wildman–Crippen MR) is 91.3 cm³/mol. The summed E-state index contributed by atoms with van der Waals surface area (Å²) < 4.78 is 12.4. The standard InChI is InChI=1S/C17H23N5O3/c1-22-10-18-9-14(22)13-8-19-17(25-3)15(21-13)16(23)20-11-4-6-12(24-2)7-5-11/h8-12H,4-7H2,1-3H3,(H,20,23)/t11-,12-. The van der Waals surface area contributed by atoms with Crippen LogP contribution >= 0.6 is 0 Å². The number of hydrogen-bond acceptors (Lipinski definition) is 6. The van der Waals surface area contributed by atoms with Gasteiger partial charge in [-0.25, -0.2) is 15.0 Å². The van der Waals surface area contributed by atoms with Crippen LogP contribution in [0.3, 0.4) is 0 Å². The maximum atomic E-state index is 12.7. The van der Waals surface area contributed by atoms with Crippen molar-refractivity contribution in [3.05, 3.63) is 24.4 Å². The van der Waals surface area contributed by atoms with Gasteiger partial charge in [0.05, 0.1) is 37.6 Å². The van der Waals surface area contributed by atoms with Crippen molar-refractivity contribution in [2.75, 3.05) is 14.2 Å². The van der Waals surface area contributed by atoms with Crippen LogP contribution in [0.4, 0.5) is 0 Å². The average molecular weight is 345 g/mol. The molecule has 1 N–H and O–H groups in total. The lowest BCUT2D eigenvalue weighted by Gasteiger charge is -2.28. The molecule has 8 nitrogen and oxygen atoms in total. The Morgan fingerprint density at radius 1 is 1.24 bits per heavy atom. The SMILES string of the molecule is COc1ncc(-c2cncn2C)nc1C(=O)N[C@H]1CC[C@H](OC)CC1. The molecular weight excluding hydrogens is 322 g/mol. The molecule has 2 heterocycles. The summed E-state index contributed by atoms with van der Waals surface area (Å²) in [6.45, 7) is 0. The minimum Gasteiger partial charge on any atom is -0.479 e. The van der Waals surface area contributed by atoms with Gasteiger partial charge in [0.1, 0.15) is 5.69 Å². The average Bonchev–Trinajstić information content (AvgIpc) is 3.07. The Morgan fingerprint density at radius 3 is 2.60 bits per heavy atom. The third kappa shape index (κ3) is 3.79. The summed E-state index contributed by atoms with van der Waals surface area (Å²) in [7, 11) is 5.07. The number of carbonyl (C=O) groups is 1. The fraction of sp³-hybridized carbons (Fsp3) is 0.529. The van der Waals surface area contributed by atoms with Crippen molar-refractivity contribution in [1.29, 1.82) is 0 Å². The molecule has 1 fully saturated rings. The van der Waals surface area contributed by atoms with E-state index < -0.39 is 0 Å². The summed E-state index contributed by atoms with van der Waals surface area (Å²) >= 11 is 0. The lowest BCUT2D eigenvalue weighted by atomic mass is 9.93. The predicted octanol–water partition coefficient (Wildman–Crippen LogP) is 1.57. The summed E-state index contributed by atoms with van der Waals surface area (Å²) in [5, 5.41) is 3.04. The van der Waals surface area contributed by atoms with Gasteiger partial charge in [-0.1, -0.05) is 0 Å². The van der Waals surface area contributed by atoms with Crippen LogP contribution in [-0.2, 0) is 11.8 Å². The number of nitrogens with one attached hydrogen (secondary N) is 1. The Labute approximate surface area is 146 Å². The van der Waals surface area contributed by atoms with Crippen molar-refractivity contribution in [1.82, 2.24) is 24.8 Å². The van der Waals surface area contributed by atoms with E-state index in [0.717, 1.165) is 31.4 Å². The molecule has 1 aliphatic carbocycles.